The molecule has 0 aliphatic carbocycles. The minimum atomic E-state index is -5.01. The van der Waals surface area contributed by atoms with Gasteiger partial charge in [-0.2, -0.15) is 13.2 Å². The van der Waals surface area contributed by atoms with E-state index in [0.717, 1.165) is 22.8 Å². The van der Waals surface area contributed by atoms with Crippen molar-refractivity contribution in [2.45, 2.75) is 51.4 Å². The fraction of sp³-hybridized carbons (Fsp3) is 0.421. The van der Waals surface area contributed by atoms with E-state index in [4.69, 9.17) is 0 Å². The lowest BCUT2D eigenvalue weighted by Gasteiger charge is -2.32. The Morgan fingerprint density at radius 2 is 1.80 bits per heavy atom. The van der Waals surface area contributed by atoms with Crippen LogP contribution in [-0.4, -0.2) is 22.8 Å². The molecular formula is C19H22F3NO2. The fourth-order valence-electron chi connectivity index (χ4n) is 3.00. The number of aryl methyl sites for hydroxylation is 1. The largest absolute Gasteiger partial charge is 0.471 e. The van der Waals surface area contributed by atoms with Crippen LogP contribution in [0.2, 0.25) is 0 Å². The summed E-state index contributed by atoms with van der Waals surface area (Å²) in [5.41, 5.74) is -0.216. The van der Waals surface area contributed by atoms with E-state index in [1.54, 1.807) is 12.1 Å². The predicted octanol–water partition coefficient (Wildman–Crippen LogP) is 4.28. The van der Waals surface area contributed by atoms with Crippen molar-refractivity contribution in [1.29, 1.82) is 0 Å². The van der Waals surface area contributed by atoms with Crippen molar-refractivity contribution in [2.24, 2.45) is 0 Å². The Hall–Kier alpha value is -2.08. The van der Waals surface area contributed by atoms with E-state index in [2.05, 4.69) is 0 Å². The Balaban J connectivity index is 2.60. The van der Waals surface area contributed by atoms with Crippen LogP contribution in [0.15, 0.2) is 36.4 Å². The first-order valence-electron chi connectivity index (χ1n) is 8.16. The van der Waals surface area contributed by atoms with Crippen molar-refractivity contribution in [3.05, 3.63) is 47.5 Å². The van der Waals surface area contributed by atoms with Gasteiger partial charge in [-0.1, -0.05) is 49.7 Å². The molecule has 0 radical (unpaired) electrons. The van der Waals surface area contributed by atoms with Crippen LogP contribution in [0.25, 0.3) is 10.8 Å². The first-order chi connectivity index (χ1) is 11.6. The molecular weight excluding hydrogens is 331 g/mol. The van der Waals surface area contributed by atoms with Gasteiger partial charge < -0.3 is 10.4 Å². The first kappa shape index (κ1) is 19.2. The lowest BCUT2D eigenvalue weighted by molar-refractivity contribution is -0.176. The summed E-state index contributed by atoms with van der Waals surface area (Å²) in [5.74, 6) is -2.06. The van der Waals surface area contributed by atoms with Crippen LogP contribution in [0, 0.1) is 0 Å². The van der Waals surface area contributed by atoms with Gasteiger partial charge in [0, 0.05) is 0 Å². The molecule has 1 unspecified atom stereocenters. The van der Waals surface area contributed by atoms with E-state index in [0.29, 0.717) is 12.0 Å². The Bertz CT molecular complexity index is 763. The summed E-state index contributed by atoms with van der Waals surface area (Å²) in [4.78, 5) is 11.5. The normalized spacial score (nSPS) is 13.7. The van der Waals surface area contributed by atoms with Crippen LogP contribution < -0.4 is 5.32 Å². The molecule has 136 valence electrons. The number of fused-ring (bicyclic) bond motifs is 1. The molecule has 0 bridgehead atoms. The zero-order valence-electron chi connectivity index (χ0n) is 14.4. The average Bonchev–Trinajstić information content (AvgIpc) is 2.51. The van der Waals surface area contributed by atoms with Gasteiger partial charge in [-0.05, 0) is 42.2 Å². The van der Waals surface area contributed by atoms with Crippen molar-refractivity contribution in [2.75, 3.05) is 0 Å². The van der Waals surface area contributed by atoms with Crippen LogP contribution in [0.5, 0.6) is 0 Å². The summed E-state index contributed by atoms with van der Waals surface area (Å²) in [6, 6.07) is 9.87. The molecule has 3 nitrogen and oxygen atoms in total. The molecule has 0 saturated carbocycles. The highest BCUT2D eigenvalue weighted by molar-refractivity contribution is 5.87. The van der Waals surface area contributed by atoms with Gasteiger partial charge >= 0.3 is 12.1 Å². The molecule has 0 heterocycles. The van der Waals surface area contributed by atoms with E-state index in [1.165, 1.54) is 13.8 Å². The number of halogens is 3. The number of carbonyl (C=O) groups excluding carboxylic acids is 1. The molecule has 0 fully saturated rings. The van der Waals surface area contributed by atoms with Crippen LogP contribution in [0.1, 0.15) is 44.4 Å². The van der Waals surface area contributed by atoms with Crippen molar-refractivity contribution >= 4 is 16.7 Å². The number of carbonyl (C=O) groups is 1. The third kappa shape index (κ3) is 4.31. The zero-order valence-corrected chi connectivity index (χ0v) is 14.4. The first-order valence-corrected chi connectivity index (χ1v) is 8.16. The van der Waals surface area contributed by atoms with Gasteiger partial charge in [0.05, 0.1) is 11.6 Å². The molecule has 1 amide bonds. The van der Waals surface area contributed by atoms with E-state index < -0.39 is 23.7 Å². The van der Waals surface area contributed by atoms with Gasteiger partial charge in [0.2, 0.25) is 0 Å². The molecule has 2 N–H and O–H groups in total. The minimum absolute atomic E-state index is 0.505. The van der Waals surface area contributed by atoms with E-state index in [-0.39, 0.29) is 0 Å². The number of benzene rings is 2. The Labute approximate surface area is 144 Å². The van der Waals surface area contributed by atoms with Crippen molar-refractivity contribution in [1.82, 2.24) is 5.32 Å². The van der Waals surface area contributed by atoms with Gasteiger partial charge in [0.15, 0.2) is 0 Å². The minimum Gasteiger partial charge on any atom is -0.388 e. The molecule has 6 heteroatoms. The molecule has 0 aromatic heterocycles. The smallest absolute Gasteiger partial charge is 0.388 e. The second-order valence-electron chi connectivity index (χ2n) is 6.66. The number of rotatable bonds is 5. The highest BCUT2D eigenvalue weighted by atomic mass is 19.4. The number of amides is 1. The second-order valence-corrected chi connectivity index (χ2v) is 6.66. The summed E-state index contributed by atoms with van der Waals surface area (Å²) in [7, 11) is 0. The van der Waals surface area contributed by atoms with E-state index >= 15 is 0 Å². The third-order valence-corrected chi connectivity index (χ3v) is 4.13. The molecule has 0 saturated heterocycles. The lowest BCUT2D eigenvalue weighted by Crippen LogP contribution is -2.47. The van der Waals surface area contributed by atoms with E-state index in [1.807, 2.05) is 36.5 Å². The third-order valence-electron chi connectivity index (χ3n) is 4.13. The summed E-state index contributed by atoms with van der Waals surface area (Å²) in [6.07, 6.45) is -3.59. The van der Waals surface area contributed by atoms with Gasteiger partial charge in [-0.25, -0.2) is 0 Å². The van der Waals surface area contributed by atoms with Crippen LogP contribution in [0.3, 0.4) is 0 Å². The Morgan fingerprint density at radius 1 is 1.16 bits per heavy atom. The summed E-state index contributed by atoms with van der Waals surface area (Å²) in [5, 5.41) is 14.3. The van der Waals surface area contributed by atoms with Crippen molar-refractivity contribution in [3.8, 4) is 0 Å². The maximum Gasteiger partial charge on any atom is 0.471 e. The molecule has 2 aromatic rings. The molecule has 1 atom stereocenters. The highest BCUT2D eigenvalue weighted by Gasteiger charge is 2.43. The quantitative estimate of drug-likeness (QED) is 0.843. The van der Waals surface area contributed by atoms with Gasteiger partial charge in [0.1, 0.15) is 0 Å². The number of nitrogens with one attached hydrogen (secondary N) is 1. The van der Waals surface area contributed by atoms with E-state index in [9.17, 15) is 23.1 Å². The topological polar surface area (TPSA) is 49.3 Å². The number of hydrogen-bond donors (Lipinski definition) is 2. The summed E-state index contributed by atoms with van der Waals surface area (Å²) < 4.78 is 38.2. The molecule has 25 heavy (non-hydrogen) atoms. The van der Waals surface area contributed by atoms with Crippen LogP contribution >= 0.6 is 0 Å². The maximum absolute atomic E-state index is 12.7. The lowest BCUT2D eigenvalue weighted by atomic mass is 9.85. The molecule has 0 spiro atoms. The van der Waals surface area contributed by atoms with Crippen LogP contribution in [0.4, 0.5) is 13.2 Å². The van der Waals surface area contributed by atoms with Gasteiger partial charge in [0.25, 0.3) is 0 Å². The standard InChI is InChI=1S/C19H22F3NO2/c1-4-7-14-13-9-6-5-8-12(13)10-11-15(14)16(18(2,3)25)23-17(24)19(20,21)22/h5-6,8-11,16,25H,4,7H2,1-3H3,(H,23,24). The SMILES string of the molecule is CCCc1c(C(NC(=O)C(F)(F)F)C(C)(C)O)ccc2ccccc12. The van der Waals surface area contributed by atoms with Crippen molar-refractivity contribution in [3.63, 3.8) is 0 Å². The number of alkyl halides is 3. The van der Waals surface area contributed by atoms with Gasteiger partial charge in [-0.15, -0.1) is 0 Å². The Kier molecular flexibility index (Phi) is 5.42. The summed E-state index contributed by atoms with van der Waals surface area (Å²) >= 11 is 0. The molecule has 0 aliphatic heterocycles. The fourth-order valence-corrected chi connectivity index (χ4v) is 3.00. The maximum atomic E-state index is 12.7. The molecule has 2 aromatic carbocycles. The Morgan fingerprint density at radius 3 is 2.36 bits per heavy atom. The molecule has 0 aliphatic rings. The highest BCUT2D eigenvalue weighted by Crippen LogP contribution is 2.34. The average molecular weight is 353 g/mol. The monoisotopic (exact) mass is 353 g/mol. The van der Waals surface area contributed by atoms with Gasteiger partial charge in [-0.3, -0.25) is 4.79 Å². The van der Waals surface area contributed by atoms with Crippen molar-refractivity contribution < 1.29 is 23.1 Å². The number of hydrogen-bond acceptors (Lipinski definition) is 2. The predicted molar refractivity (Wildman–Crippen MR) is 91.2 cm³/mol. The molecule has 2 rings (SSSR count). The zero-order chi connectivity index (χ0) is 18.8. The second kappa shape index (κ2) is 7.04. The number of aliphatic hydroxyl groups is 1. The van der Waals surface area contributed by atoms with Crippen LogP contribution in [-0.2, 0) is 11.2 Å². The summed E-state index contributed by atoms with van der Waals surface area (Å²) in [6.45, 7) is 4.75.